The molecule has 2 aromatic rings. The Kier molecular flexibility index (Phi) is 5.86. The predicted molar refractivity (Wildman–Crippen MR) is 87.4 cm³/mol. The minimum atomic E-state index is 0.249. The van der Waals surface area contributed by atoms with E-state index in [4.69, 9.17) is 18.9 Å². The summed E-state index contributed by atoms with van der Waals surface area (Å²) >= 11 is 0. The van der Waals surface area contributed by atoms with Crippen LogP contribution >= 0.6 is 0 Å². The Labute approximate surface area is 130 Å². The fraction of sp³-hybridized carbons (Fsp3) is 0.222. The molecular weight excluding hydrogens is 280 g/mol. The second-order valence-electron chi connectivity index (χ2n) is 4.60. The highest BCUT2D eigenvalue weighted by molar-refractivity contribution is 5.71. The Hall–Kier alpha value is -2.46. The van der Waals surface area contributed by atoms with Crippen LogP contribution in [0.4, 0.5) is 0 Å². The van der Waals surface area contributed by atoms with Gasteiger partial charge in [0.1, 0.15) is 17.2 Å². The zero-order valence-electron chi connectivity index (χ0n) is 13.0. The van der Waals surface area contributed by atoms with Crippen LogP contribution in [0.2, 0.25) is 0 Å². The van der Waals surface area contributed by atoms with Gasteiger partial charge in [-0.3, -0.25) is 0 Å². The fourth-order valence-corrected chi connectivity index (χ4v) is 1.92. The summed E-state index contributed by atoms with van der Waals surface area (Å²) in [5.41, 5.74) is 2.09. The maximum atomic E-state index is 5.35. The molecule has 2 rings (SSSR count). The minimum Gasteiger partial charge on any atom is -0.497 e. The highest BCUT2D eigenvalue weighted by Crippen LogP contribution is 2.24. The van der Waals surface area contributed by atoms with Crippen LogP contribution in [0, 0.1) is 0 Å². The van der Waals surface area contributed by atoms with Crippen molar-refractivity contribution in [2.24, 2.45) is 0 Å². The molecule has 0 aliphatic rings. The molecule has 0 bridgehead atoms. The zero-order valence-corrected chi connectivity index (χ0v) is 13.0. The van der Waals surface area contributed by atoms with Crippen molar-refractivity contribution in [2.45, 2.75) is 0 Å². The fourth-order valence-electron chi connectivity index (χ4n) is 1.92. The van der Waals surface area contributed by atoms with Crippen LogP contribution in [0.25, 0.3) is 12.2 Å². The van der Waals surface area contributed by atoms with Crippen molar-refractivity contribution in [1.82, 2.24) is 0 Å². The monoisotopic (exact) mass is 300 g/mol. The van der Waals surface area contributed by atoms with Crippen molar-refractivity contribution in [3.8, 4) is 17.2 Å². The second-order valence-corrected chi connectivity index (χ2v) is 4.60. The average molecular weight is 300 g/mol. The maximum Gasteiger partial charge on any atom is 0.188 e. The zero-order chi connectivity index (χ0) is 15.8. The minimum absolute atomic E-state index is 0.249. The topological polar surface area (TPSA) is 36.9 Å². The molecule has 0 atom stereocenters. The van der Waals surface area contributed by atoms with Crippen molar-refractivity contribution in [3.63, 3.8) is 0 Å². The standard InChI is InChI=1S/C18H20O4/c1-19-13-22-16-8-6-14(7-9-16)4-5-15-10-17(20-2)12-18(11-15)21-3/h4-12H,13H2,1-3H3/b5-4+. The lowest BCUT2D eigenvalue weighted by Gasteiger charge is -2.06. The summed E-state index contributed by atoms with van der Waals surface area (Å²) in [4.78, 5) is 0. The molecule has 4 nitrogen and oxygen atoms in total. The number of hydrogen-bond donors (Lipinski definition) is 0. The van der Waals surface area contributed by atoms with E-state index in [-0.39, 0.29) is 6.79 Å². The molecule has 0 saturated heterocycles. The molecule has 0 aliphatic carbocycles. The van der Waals surface area contributed by atoms with Crippen molar-refractivity contribution in [2.75, 3.05) is 28.1 Å². The van der Waals surface area contributed by atoms with Crippen molar-refractivity contribution in [3.05, 3.63) is 53.6 Å². The van der Waals surface area contributed by atoms with Crippen LogP contribution in [0.5, 0.6) is 17.2 Å². The Morgan fingerprint density at radius 1 is 0.727 bits per heavy atom. The van der Waals surface area contributed by atoms with E-state index >= 15 is 0 Å². The van der Waals surface area contributed by atoms with E-state index in [1.54, 1.807) is 21.3 Å². The lowest BCUT2D eigenvalue weighted by atomic mass is 10.1. The number of methoxy groups -OCH3 is 3. The first kappa shape index (κ1) is 15.9. The maximum absolute atomic E-state index is 5.35. The molecule has 0 saturated carbocycles. The summed E-state index contributed by atoms with van der Waals surface area (Å²) in [6.07, 6.45) is 4.03. The summed E-state index contributed by atoms with van der Waals surface area (Å²) in [5, 5.41) is 0. The summed E-state index contributed by atoms with van der Waals surface area (Å²) in [6.45, 7) is 0.249. The van der Waals surface area contributed by atoms with Gasteiger partial charge in [-0.05, 0) is 35.4 Å². The summed E-state index contributed by atoms with van der Waals surface area (Å²) in [6, 6.07) is 13.5. The smallest absolute Gasteiger partial charge is 0.188 e. The first-order valence-corrected chi connectivity index (χ1v) is 6.88. The molecule has 0 aromatic heterocycles. The normalized spacial score (nSPS) is 10.7. The molecule has 22 heavy (non-hydrogen) atoms. The van der Waals surface area contributed by atoms with Crippen LogP contribution in [-0.2, 0) is 4.74 Å². The Morgan fingerprint density at radius 2 is 1.32 bits per heavy atom. The van der Waals surface area contributed by atoms with Gasteiger partial charge < -0.3 is 18.9 Å². The predicted octanol–water partition coefficient (Wildman–Crippen LogP) is 3.86. The molecule has 0 unspecified atom stereocenters. The van der Waals surface area contributed by atoms with E-state index in [0.29, 0.717) is 0 Å². The first-order valence-electron chi connectivity index (χ1n) is 6.88. The first-order chi connectivity index (χ1) is 10.7. The van der Waals surface area contributed by atoms with Crippen LogP contribution in [0.15, 0.2) is 42.5 Å². The number of ether oxygens (including phenoxy) is 4. The van der Waals surface area contributed by atoms with E-state index in [2.05, 4.69) is 0 Å². The molecule has 0 N–H and O–H groups in total. The van der Waals surface area contributed by atoms with Gasteiger partial charge >= 0.3 is 0 Å². The Morgan fingerprint density at radius 3 is 1.86 bits per heavy atom. The number of benzene rings is 2. The Bertz CT molecular complexity index is 595. The highest BCUT2D eigenvalue weighted by atomic mass is 16.7. The van der Waals surface area contributed by atoms with Crippen LogP contribution in [0.3, 0.4) is 0 Å². The van der Waals surface area contributed by atoms with Gasteiger partial charge in [0.25, 0.3) is 0 Å². The number of hydrogen-bond acceptors (Lipinski definition) is 4. The molecule has 116 valence electrons. The van der Waals surface area contributed by atoms with Crippen molar-refractivity contribution < 1.29 is 18.9 Å². The van der Waals surface area contributed by atoms with E-state index in [1.165, 1.54) is 0 Å². The Balaban J connectivity index is 2.10. The number of rotatable bonds is 7. The molecule has 2 aromatic carbocycles. The third-order valence-corrected chi connectivity index (χ3v) is 3.07. The van der Waals surface area contributed by atoms with Gasteiger partial charge in [-0.1, -0.05) is 24.3 Å². The molecule has 0 aliphatic heterocycles. The van der Waals surface area contributed by atoms with Gasteiger partial charge in [-0.2, -0.15) is 0 Å². The van der Waals surface area contributed by atoms with Gasteiger partial charge in [0.05, 0.1) is 14.2 Å². The van der Waals surface area contributed by atoms with Crippen LogP contribution < -0.4 is 14.2 Å². The van der Waals surface area contributed by atoms with Gasteiger partial charge in [0.2, 0.25) is 0 Å². The molecular formula is C18H20O4. The van der Waals surface area contributed by atoms with Gasteiger partial charge in [-0.15, -0.1) is 0 Å². The quantitative estimate of drug-likeness (QED) is 0.575. The average Bonchev–Trinajstić information content (AvgIpc) is 2.58. The lowest BCUT2D eigenvalue weighted by molar-refractivity contribution is 0.0511. The van der Waals surface area contributed by atoms with Gasteiger partial charge in [-0.25, -0.2) is 0 Å². The largest absolute Gasteiger partial charge is 0.497 e. The van der Waals surface area contributed by atoms with E-state index in [1.807, 2.05) is 54.6 Å². The van der Waals surface area contributed by atoms with Gasteiger partial charge in [0, 0.05) is 13.2 Å². The SMILES string of the molecule is COCOc1ccc(/C=C/c2cc(OC)cc(OC)c2)cc1. The molecule has 4 heteroatoms. The third-order valence-electron chi connectivity index (χ3n) is 3.07. The molecule has 0 spiro atoms. The van der Waals surface area contributed by atoms with Gasteiger partial charge in [0.15, 0.2) is 6.79 Å². The van der Waals surface area contributed by atoms with Crippen molar-refractivity contribution in [1.29, 1.82) is 0 Å². The summed E-state index contributed by atoms with van der Waals surface area (Å²) < 4.78 is 20.7. The summed E-state index contributed by atoms with van der Waals surface area (Å²) in [7, 11) is 4.88. The summed E-state index contributed by atoms with van der Waals surface area (Å²) in [5.74, 6) is 2.31. The van der Waals surface area contributed by atoms with E-state index < -0.39 is 0 Å². The molecule has 0 amide bonds. The molecule has 0 fully saturated rings. The molecule has 0 radical (unpaired) electrons. The van der Waals surface area contributed by atoms with E-state index in [9.17, 15) is 0 Å². The lowest BCUT2D eigenvalue weighted by Crippen LogP contribution is -1.98. The molecule has 0 heterocycles. The van der Waals surface area contributed by atoms with Crippen LogP contribution in [-0.4, -0.2) is 28.1 Å². The van der Waals surface area contributed by atoms with E-state index in [0.717, 1.165) is 28.4 Å². The van der Waals surface area contributed by atoms with Crippen molar-refractivity contribution >= 4 is 12.2 Å². The highest BCUT2D eigenvalue weighted by Gasteiger charge is 1.99. The third kappa shape index (κ3) is 4.53. The van der Waals surface area contributed by atoms with Crippen LogP contribution in [0.1, 0.15) is 11.1 Å². The second kappa shape index (κ2) is 8.10.